The van der Waals surface area contributed by atoms with Crippen molar-refractivity contribution in [1.82, 2.24) is 4.90 Å². The number of benzene rings is 2. The monoisotopic (exact) mass is 607 g/mol. The zero-order valence-electron chi connectivity index (χ0n) is 26.1. The van der Waals surface area contributed by atoms with Gasteiger partial charge in [-0.3, -0.25) is 4.79 Å². The maximum atomic E-state index is 13.3. The molecule has 0 bridgehead atoms. The number of amides is 2. The van der Waals surface area contributed by atoms with Gasteiger partial charge >= 0.3 is 12.1 Å². The second-order valence-electron chi connectivity index (χ2n) is 12.5. The number of carbonyl (C=O) groups excluding carboxylic acids is 3. The van der Waals surface area contributed by atoms with Crippen LogP contribution in [0.25, 0.3) is 0 Å². The summed E-state index contributed by atoms with van der Waals surface area (Å²) in [7, 11) is -2.03. The second-order valence-corrected chi connectivity index (χ2v) is 17.3. The summed E-state index contributed by atoms with van der Waals surface area (Å²) in [6, 6.07) is 17.8. The Hall–Kier alpha value is -3.53. The van der Waals surface area contributed by atoms with Crippen LogP contribution in [-0.2, 0) is 25.1 Å². The summed E-state index contributed by atoms with van der Waals surface area (Å²) in [5.74, 6) is -1.95. The van der Waals surface area contributed by atoms with Crippen LogP contribution in [0.1, 0.15) is 50.0 Å². The van der Waals surface area contributed by atoms with E-state index >= 15 is 0 Å². The Kier molecular flexibility index (Phi) is 11.7. The van der Waals surface area contributed by atoms with Crippen LogP contribution in [-0.4, -0.2) is 67.8 Å². The average Bonchev–Trinajstić information content (AvgIpc) is 3.33. The number of rotatable bonds is 13. The molecule has 0 aromatic heterocycles. The fourth-order valence-corrected chi connectivity index (χ4v) is 5.42. The van der Waals surface area contributed by atoms with Crippen molar-refractivity contribution in [2.24, 2.45) is 5.92 Å². The van der Waals surface area contributed by atoms with Gasteiger partial charge in [0.2, 0.25) is 5.91 Å². The standard InChI is InChI=1S/C34H45NO7Si/c1-24(30(20-21-41-43(6,7)34(3,4)5)42-32(38)27-16-12-9-13-17-27)18-19-29(36)25(2)31(37)35-28(23-40-33(35)39)22-26-14-10-8-11-15-26/h8-19,25,28-30,36H,1,20-23H2,2-7H3/b19-18+/t25-,28-,29+,30?/m0/s1. The van der Waals surface area contributed by atoms with Gasteiger partial charge < -0.3 is 19.0 Å². The number of ether oxygens (including phenoxy) is 2. The maximum Gasteiger partial charge on any atom is 0.416 e. The third kappa shape index (κ3) is 9.22. The van der Waals surface area contributed by atoms with E-state index in [1.165, 1.54) is 6.08 Å². The van der Waals surface area contributed by atoms with Gasteiger partial charge in [-0.2, -0.15) is 0 Å². The molecule has 4 atom stereocenters. The van der Waals surface area contributed by atoms with E-state index in [4.69, 9.17) is 13.9 Å². The molecule has 1 aliphatic rings. The molecule has 1 unspecified atom stereocenters. The van der Waals surface area contributed by atoms with E-state index in [2.05, 4.69) is 40.4 Å². The Morgan fingerprint density at radius 1 is 1.12 bits per heavy atom. The van der Waals surface area contributed by atoms with Crippen LogP contribution in [0.15, 0.2) is 85.0 Å². The molecule has 1 aliphatic heterocycles. The molecule has 3 rings (SSSR count). The first-order valence-corrected chi connectivity index (χ1v) is 17.6. The number of imide groups is 1. The second kappa shape index (κ2) is 14.8. The molecular weight excluding hydrogens is 562 g/mol. The molecule has 1 heterocycles. The van der Waals surface area contributed by atoms with Gasteiger partial charge in [0, 0.05) is 13.0 Å². The first-order valence-electron chi connectivity index (χ1n) is 14.7. The van der Waals surface area contributed by atoms with Crippen molar-refractivity contribution >= 4 is 26.3 Å². The molecule has 1 N–H and O–H groups in total. The van der Waals surface area contributed by atoms with E-state index in [9.17, 15) is 19.5 Å². The van der Waals surface area contributed by atoms with Crippen LogP contribution in [0, 0.1) is 5.92 Å². The number of aliphatic hydroxyl groups excluding tert-OH is 1. The van der Waals surface area contributed by atoms with Crippen LogP contribution in [0.4, 0.5) is 4.79 Å². The molecular formula is C34H45NO7Si. The minimum absolute atomic E-state index is 0.0226. The van der Waals surface area contributed by atoms with Crippen molar-refractivity contribution in [1.29, 1.82) is 0 Å². The van der Waals surface area contributed by atoms with E-state index < -0.39 is 50.5 Å². The van der Waals surface area contributed by atoms with E-state index in [0.29, 0.717) is 30.6 Å². The summed E-state index contributed by atoms with van der Waals surface area (Å²) >= 11 is 0. The first-order chi connectivity index (χ1) is 20.2. The number of cyclic esters (lactones) is 1. The first kappa shape index (κ1) is 34.0. The van der Waals surface area contributed by atoms with Gasteiger partial charge in [-0.1, -0.05) is 95.0 Å². The van der Waals surface area contributed by atoms with Crippen LogP contribution >= 0.6 is 0 Å². The molecule has 0 radical (unpaired) electrons. The van der Waals surface area contributed by atoms with Gasteiger partial charge in [-0.25, -0.2) is 14.5 Å². The molecule has 0 aliphatic carbocycles. The van der Waals surface area contributed by atoms with E-state index in [1.807, 2.05) is 36.4 Å². The Labute approximate surface area is 256 Å². The van der Waals surface area contributed by atoms with Crippen LogP contribution in [0.3, 0.4) is 0 Å². The summed E-state index contributed by atoms with van der Waals surface area (Å²) in [6.07, 6.45) is 1.19. The smallest absolute Gasteiger partial charge is 0.416 e. The molecule has 0 spiro atoms. The van der Waals surface area contributed by atoms with Gasteiger partial charge in [0.25, 0.3) is 0 Å². The Morgan fingerprint density at radius 3 is 2.33 bits per heavy atom. The maximum absolute atomic E-state index is 13.3. The third-order valence-electron chi connectivity index (χ3n) is 8.24. The van der Waals surface area contributed by atoms with Crippen LogP contribution < -0.4 is 0 Å². The molecule has 0 saturated carbocycles. The van der Waals surface area contributed by atoms with Gasteiger partial charge in [0.05, 0.1) is 23.6 Å². The SMILES string of the molecule is C=C(/C=C/[C@@H](O)[C@H](C)C(=O)N1C(=O)OC[C@@H]1Cc1ccccc1)C(CCO[Si](C)(C)C(C)(C)C)OC(=O)c1ccccc1. The Balaban J connectivity index is 1.69. The fraction of sp³-hybridized carbons (Fsp3) is 0.441. The molecule has 1 fully saturated rings. The predicted molar refractivity (Wildman–Crippen MR) is 169 cm³/mol. The number of aliphatic hydroxyl groups is 1. The lowest BCUT2D eigenvalue weighted by molar-refractivity contribution is -0.135. The highest BCUT2D eigenvalue weighted by Crippen LogP contribution is 2.36. The topological polar surface area (TPSA) is 102 Å². The highest BCUT2D eigenvalue weighted by Gasteiger charge is 2.41. The molecule has 43 heavy (non-hydrogen) atoms. The molecule has 2 amide bonds. The summed E-state index contributed by atoms with van der Waals surface area (Å²) in [5.41, 5.74) is 1.84. The third-order valence-corrected chi connectivity index (χ3v) is 12.8. The van der Waals surface area contributed by atoms with E-state index in [0.717, 1.165) is 10.5 Å². The Morgan fingerprint density at radius 2 is 1.72 bits per heavy atom. The molecule has 2 aromatic rings. The lowest BCUT2D eigenvalue weighted by atomic mass is 9.99. The summed E-state index contributed by atoms with van der Waals surface area (Å²) in [6.45, 7) is 16.9. The van der Waals surface area contributed by atoms with E-state index in [-0.39, 0.29) is 11.6 Å². The van der Waals surface area contributed by atoms with Gasteiger partial charge in [-0.05, 0) is 47.8 Å². The van der Waals surface area contributed by atoms with Crippen molar-refractivity contribution in [2.75, 3.05) is 13.2 Å². The molecule has 232 valence electrons. The molecule has 9 heteroatoms. The molecule has 2 aromatic carbocycles. The number of nitrogens with zero attached hydrogens (tertiary/aromatic N) is 1. The fourth-order valence-electron chi connectivity index (χ4n) is 4.36. The van der Waals surface area contributed by atoms with Crippen molar-refractivity contribution in [3.63, 3.8) is 0 Å². The van der Waals surface area contributed by atoms with Gasteiger partial charge in [0.15, 0.2) is 8.32 Å². The predicted octanol–water partition coefficient (Wildman–Crippen LogP) is 6.32. The highest BCUT2D eigenvalue weighted by atomic mass is 28.4. The lowest BCUT2D eigenvalue weighted by Crippen LogP contribution is -2.45. The minimum Gasteiger partial charge on any atom is -0.454 e. The summed E-state index contributed by atoms with van der Waals surface area (Å²) in [4.78, 5) is 39.8. The number of hydrogen-bond acceptors (Lipinski definition) is 7. The summed E-state index contributed by atoms with van der Waals surface area (Å²) < 4.78 is 17.3. The van der Waals surface area contributed by atoms with Crippen LogP contribution in [0.5, 0.6) is 0 Å². The van der Waals surface area contributed by atoms with Crippen molar-refractivity contribution < 1.29 is 33.4 Å². The number of hydrogen-bond donors (Lipinski definition) is 1. The van der Waals surface area contributed by atoms with Crippen LogP contribution in [0.2, 0.25) is 18.1 Å². The highest BCUT2D eigenvalue weighted by molar-refractivity contribution is 6.74. The van der Waals surface area contributed by atoms with Crippen molar-refractivity contribution in [3.05, 3.63) is 96.1 Å². The largest absolute Gasteiger partial charge is 0.454 e. The van der Waals surface area contributed by atoms with E-state index in [1.54, 1.807) is 37.3 Å². The Bertz CT molecular complexity index is 1290. The normalized spacial score (nSPS) is 17.8. The molecule has 8 nitrogen and oxygen atoms in total. The molecule has 1 saturated heterocycles. The zero-order chi connectivity index (χ0) is 31.8. The van der Waals surface area contributed by atoms with Crippen molar-refractivity contribution in [3.8, 4) is 0 Å². The minimum atomic E-state index is -2.03. The lowest BCUT2D eigenvalue weighted by Gasteiger charge is -2.36. The number of esters is 1. The number of carbonyl (C=O) groups is 3. The summed E-state index contributed by atoms with van der Waals surface area (Å²) in [5, 5.41) is 10.9. The average molecular weight is 608 g/mol. The van der Waals surface area contributed by atoms with Crippen molar-refractivity contribution in [2.45, 2.75) is 76.9 Å². The zero-order valence-corrected chi connectivity index (χ0v) is 27.1. The quantitative estimate of drug-likeness (QED) is 0.161. The van der Waals surface area contributed by atoms with Gasteiger partial charge in [-0.15, -0.1) is 0 Å². The van der Waals surface area contributed by atoms with Gasteiger partial charge in [0.1, 0.15) is 12.7 Å².